The molecular formula is C17H22N2O5. The van der Waals surface area contributed by atoms with E-state index in [0.29, 0.717) is 17.9 Å². The van der Waals surface area contributed by atoms with Crippen LogP contribution in [0.15, 0.2) is 39.9 Å². The fraction of sp³-hybridized carbons (Fsp3) is 0.412. The summed E-state index contributed by atoms with van der Waals surface area (Å²) in [6.45, 7) is 2.10. The standard InChI is InChI=1S/C17H22N2O5/c1-12-15(19(11-23-2)17(22)18-16(12)21)8-14(20)10-24-9-13-6-4-3-5-7-13/h3-7,14,20H,8-11H2,1-2H3,(H,18,21,22). The van der Waals surface area contributed by atoms with Gasteiger partial charge in [0.1, 0.15) is 6.73 Å². The molecule has 7 heteroatoms. The molecule has 0 fully saturated rings. The maximum Gasteiger partial charge on any atom is 0.330 e. The van der Waals surface area contributed by atoms with Crippen LogP contribution in [0.5, 0.6) is 0 Å². The molecule has 7 nitrogen and oxygen atoms in total. The first-order valence-electron chi connectivity index (χ1n) is 7.64. The number of methoxy groups -OCH3 is 1. The van der Waals surface area contributed by atoms with E-state index in [-0.39, 0.29) is 19.8 Å². The molecule has 0 aliphatic carbocycles. The van der Waals surface area contributed by atoms with E-state index in [1.165, 1.54) is 11.7 Å². The second kappa shape index (κ2) is 8.58. The largest absolute Gasteiger partial charge is 0.390 e. The molecule has 0 aliphatic rings. The summed E-state index contributed by atoms with van der Waals surface area (Å²) in [6, 6.07) is 9.62. The molecule has 0 aliphatic heterocycles. The van der Waals surface area contributed by atoms with Crippen LogP contribution in [0.2, 0.25) is 0 Å². The Morgan fingerprint density at radius 2 is 1.96 bits per heavy atom. The Morgan fingerprint density at radius 1 is 1.25 bits per heavy atom. The third kappa shape index (κ3) is 4.64. The number of nitrogens with one attached hydrogen (secondary N) is 1. The number of aliphatic hydroxyl groups is 1. The third-order valence-electron chi connectivity index (χ3n) is 3.67. The van der Waals surface area contributed by atoms with Gasteiger partial charge in [-0.1, -0.05) is 30.3 Å². The molecule has 0 amide bonds. The van der Waals surface area contributed by atoms with Crippen molar-refractivity contribution in [2.24, 2.45) is 0 Å². The van der Waals surface area contributed by atoms with Crippen molar-refractivity contribution < 1.29 is 14.6 Å². The molecular weight excluding hydrogens is 312 g/mol. The number of benzene rings is 1. The second-order valence-electron chi connectivity index (χ2n) is 5.54. The first-order chi connectivity index (χ1) is 11.5. The molecule has 2 rings (SSSR count). The monoisotopic (exact) mass is 334 g/mol. The van der Waals surface area contributed by atoms with Gasteiger partial charge in [-0.2, -0.15) is 0 Å². The minimum absolute atomic E-state index is 0.00335. The number of aromatic nitrogens is 2. The number of rotatable bonds is 8. The van der Waals surface area contributed by atoms with Crippen LogP contribution in [-0.2, 0) is 29.2 Å². The van der Waals surface area contributed by atoms with Crippen LogP contribution < -0.4 is 11.2 Å². The van der Waals surface area contributed by atoms with E-state index in [0.717, 1.165) is 5.56 Å². The Balaban J connectivity index is 2.04. The number of H-pyrrole nitrogens is 1. The van der Waals surface area contributed by atoms with Crippen LogP contribution in [0, 0.1) is 6.92 Å². The highest BCUT2D eigenvalue weighted by atomic mass is 16.5. The number of ether oxygens (including phenoxy) is 2. The lowest BCUT2D eigenvalue weighted by Gasteiger charge is -2.17. The lowest BCUT2D eigenvalue weighted by Crippen LogP contribution is -2.36. The van der Waals surface area contributed by atoms with Crippen LogP contribution in [0.25, 0.3) is 0 Å². The molecule has 0 saturated heterocycles. The van der Waals surface area contributed by atoms with E-state index >= 15 is 0 Å². The molecule has 130 valence electrons. The lowest BCUT2D eigenvalue weighted by molar-refractivity contribution is 0.0267. The average Bonchev–Trinajstić information content (AvgIpc) is 2.57. The summed E-state index contributed by atoms with van der Waals surface area (Å²) in [7, 11) is 1.45. The molecule has 2 aromatic rings. The average molecular weight is 334 g/mol. The number of hydrogen-bond donors (Lipinski definition) is 2. The van der Waals surface area contributed by atoms with Crippen molar-refractivity contribution in [2.45, 2.75) is 32.8 Å². The molecule has 1 heterocycles. The third-order valence-corrected chi connectivity index (χ3v) is 3.67. The highest BCUT2D eigenvalue weighted by Gasteiger charge is 2.16. The quantitative estimate of drug-likeness (QED) is 0.736. The topological polar surface area (TPSA) is 93.6 Å². The number of aliphatic hydroxyl groups excluding tert-OH is 1. The van der Waals surface area contributed by atoms with Crippen molar-refractivity contribution in [1.82, 2.24) is 9.55 Å². The smallest absolute Gasteiger partial charge is 0.330 e. The van der Waals surface area contributed by atoms with Gasteiger partial charge >= 0.3 is 5.69 Å². The van der Waals surface area contributed by atoms with Gasteiger partial charge in [-0.05, 0) is 12.5 Å². The molecule has 1 atom stereocenters. The highest BCUT2D eigenvalue weighted by Crippen LogP contribution is 2.07. The summed E-state index contributed by atoms with van der Waals surface area (Å²) in [4.78, 5) is 25.9. The van der Waals surface area contributed by atoms with Crippen molar-refractivity contribution in [3.8, 4) is 0 Å². The Bertz CT molecular complexity index is 767. The van der Waals surface area contributed by atoms with E-state index in [9.17, 15) is 14.7 Å². The summed E-state index contributed by atoms with van der Waals surface area (Å²) in [6.07, 6.45) is -0.708. The Kier molecular flexibility index (Phi) is 6.48. The predicted octanol–water partition coefficient (Wildman–Crippen LogP) is 0.569. The molecule has 0 radical (unpaired) electrons. The first-order valence-corrected chi connectivity index (χ1v) is 7.64. The minimum Gasteiger partial charge on any atom is -0.390 e. The fourth-order valence-corrected chi connectivity index (χ4v) is 2.41. The molecule has 1 aromatic heterocycles. The van der Waals surface area contributed by atoms with Crippen LogP contribution in [-0.4, -0.2) is 34.5 Å². The van der Waals surface area contributed by atoms with Crippen molar-refractivity contribution in [3.05, 3.63) is 68.0 Å². The summed E-state index contributed by atoms with van der Waals surface area (Å²) < 4.78 is 11.8. The Labute approximate surface area is 139 Å². The lowest BCUT2D eigenvalue weighted by atomic mass is 10.1. The maximum atomic E-state index is 11.9. The van der Waals surface area contributed by atoms with Gasteiger partial charge in [0.2, 0.25) is 0 Å². The van der Waals surface area contributed by atoms with E-state index in [1.807, 2.05) is 30.3 Å². The van der Waals surface area contributed by atoms with Gasteiger partial charge in [0.25, 0.3) is 5.56 Å². The van der Waals surface area contributed by atoms with Gasteiger partial charge in [-0.25, -0.2) is 4.79 Å². The molecule has 1 aromatic carbocycles. The SMILES string of the molecule is COCn1c(CC(O)COCc2ccccc2)c(C)c(=O)[nH]c1=O. The van der Waals surface area contributed by atoms with Crippen LogP contribution in [0.4, 0.5) is 0 Å². The molecule has 0 spiro atoms. The van der Waals surface area contributed by atoms with Crippen LogP contribution in [0.1, 0.15) is 16.8 Å². The number of aromatic amines is 1. The summed E-state index contributed by atoms with van der Waals surface area (Å²) in [5.74, 6) is 0. The van der Waals surface area contributed by atoms with E-state index in [4.69, 9.17) is 9.47 Å². The molecule has 2 N–H and O–H groups in total. The highest BCUT2D eigenvalue weighted by molar-refractivity contribution is 5.17. The van der Waals surface area contributed by atoms with E-state index in [1.54, 1.807) is 6.92 Å². The zero-order valence-electron chi connectivity index (χ0n) is 13.8. The number of nitrogens with zero attached hydrogens (tertiary/aromatic N) is 1. The summed E-state index contributed by atoms with van der Waals surface area (Å²) >= 11 is 0. The zero-order chi connectivity index (χ0) is 17.5. The van der Waals surface area contributed by atoms with Gasteiger partial charge in [-0.3, -0.25) is 14.3 Å². The summed E-state index contributed by atoms with van der Waals surface area (Å²) in [5, 5.41) is 10.2. The van der Waals surface area contributed by atoms with Crippen molar-refractivity contribution >= 4 is 0 Å². The van der Waals surface area contributed by atoms with Crippen molar-refractivity contribution in [3.63, 3.8) is 0 Å². The molecule has 1 unspecified atom stereocenters. The van der Waals surface area contributed by atoms with E-state index in [2.05, 4.69) is 4.98 Å². The fourth-order valence-electron chi connectivity index (χ4n) is 2.41. The zero-order valence-corrected chi connectivity index (χ0v) is 13.8. The first kappa shape index (κ1) is 18.1. The van der Waals surface area contributed by atoms with Gasteiger partial charge < -0.3 is 14.6 Å². The predicted molar refractivity (Wildman–Crippen MR) is 88.9 cm³/mol. The van der Waals surface area contributed by atoms with Gasteiger partial charge in [0, 0.05) is 24.8 Å². The van der Waals surface area contributed by atoms with Crippen molar-refractivity contribution in [2.75, 3.05) is 13.7 Å². The minimum atomic E-state index is -0.836. The van der Waals surface area contributed by atoms with Crippen LogP contribution >= 0.6 is 0 Å². The Morgan fingerprint density at radius 3 is 2.62 bits per heavy atom. The molecule has 0 saturated carbocycles. The van der Waals surface area contributed by atoms with Gasteiger partial charge in [0.05, 0.1) is 19.3 Å². The Hall–Kier alpha value is -2.22. The molecule has 24 heavy (non-hydrogen) atoms. The summed E-state index contributed by atoms with van der Waals surface area (Å²) in [5.41, 5.74) is 0.822. The normalized spacial score (nSPS) is 12.3. The van der Waals surface area contributed by atoms with Gasteiger partial charge in [-0.15, -0.1) is 0 Å². The van der Waals surface area contributed by atoms with E-state index < -0.39 is 17.4 Å². The molecule has 0 bridgehead atoms. The maximum absolute atomic E-state index is 11.9. The van der Waals surface area contributed by atoms with Crippen molar-refractivity contribution in [1.29, 1.82) is 0 Å². The van der Waals surface area contributed by atoms with Gasteiger partial charge in [0.15, 0.2) is 0 Å². The van der Waals surface area contributed by atoms with Crippen LogP contribution in [0.3, 0.4) is 0 Å². The second-order valence-corrected chi connectivity index (χ2v) is 5.54. The number of hydrogen-bond acceptors (Lipinski definition) is 5.